The number of rotatable bonds is 7. The maximum atomic E-state index is 14.3. The molecule has 6 rings (SSSR count). The van der Waals surface area contributed by atoms with Crippen LogP contribution in [-0.4, -0.2) is 77.5 Å². The third-order valence-electron chi connectivity index (χ3n) is 10.4. The molecule has 4 aliphatic heterocycles. The molecule has 4 fully saturated rings. The van der Waals surface area contributed by atoms with E-state index in [1.54, 1.807) is 29.2 Å². The molecular formula is C32H43ClN4O4. The number of amides is 3. The number of hydrogen-bond donors (Lipinski definition) is 2. The third-order valence-corrected chi connectivity index (χ3v) is 10.6. The largest absolute Gasteiger partial charge is 0.359 e. The minimum Gasteiger partial charge on any atom is -0.359 e. The van der Waals surface area contributed by atoms with E-state index in [4.69, 9.17) is 16.3 Å². The number of carbonyl (C=O) groups excluding carboxylic acids is 3. The van der Waals surface area contributed by atoms with Crippen LogP contribution in [0.5, 0.6) is 0 Å². The molecule has 0 aromatic heterocycles. The number of hydrogen-bond acceptors (Lipinski definition) is 5. The Hall–Kier alpha value is -2.42. The van der Waals surface area contributed by atoms with Crippen molar-refractivity contribution < 1.29 is 19.1 Å². The highest BCUT2D eigenvalue weighted by atomic mass is 35.5. The van der Waals surface area contributed by atoms with Crippen LogP contribution in [-0.2, 0) is 19.1 Å². The third kappa shape index (κ3) is 5.32. The summed E-state index contributed by atoms with van der Waals surface area (Å²) < 4.78 is 6.53. The summed E-state index contributed by atoms with van der Waals surface area (Å²) in [4.78, 5) is 46.3. The van der Waals surface area contributed by atoms with Crippen LogP contribution in [0.1, 0.15) is 58.8 Å². The fourth-order valence-electron chi connectivity index (χ4n) is 7.96. The van der Waals surface area contributed by atoms with E-state index in [1.165, 1.54) is 19.3 Å². The van der Waals surface area contributed by atoms with E-state index in [0.717, 1.165) is 38.8 Å². The molecule has 1 saturated carbocycles. The van der Waals surface area contributed by atoms with E-state index in [2.05, 4.69) is 29.4 Å². The van der Waals surface area contributed by atoms with Gasteiger partial charge in [-0.1, -0.05) is 69.4 Å². The van der Waals surface area contributed by atoms with Crippen LogP contribution in [0.3, 0.4) is 0 Å². The second kappa shape index (κ2) is 11.7. The van der Waals surface area contributed by atoms with Crippen molar-refractivity contribution in [3.8, 4) is 0 Å². The maximum absolute atomic E-state index is 14.3. The highest BCUT2D eigenvalue weighted by molar-refractivity contribution is 6.30. The summed E-state index contributed by atoms with van der Waals surface area (Å²) in [5.74, 6) is -1.20. The molecule has 41 heavy (non-hydrogen) atoms. The van der Waals surface area contributed by atoms with Crippen LogP contribution in [0.2, 0.25) is 5.02 Å². The SMILES string of the molecule is C[C@H]1[C@H](C)CCC[C@@H]1NC(=O)[C@@H]1N(CCN2CCCCCC2)C(=O)[C@@H]2[C@@H](C(=O)Nc3cccc(Cl)c3)[C@@H]3C=C[C@]21O3. The molecule has 8 nitrogen and oxygen atoms in total. The first-order valence-electron chi connectivity index (χ1n) is 15.6. The predicted octanol–water partition coefficient (Wildman–Crippen LogP) is 4.25. The molecule has 0 radical (unpaired) electrons. The highest BCUT2D eigenvalue weighted by Crippen LogP contribution is 2.55. The van der Waals surface area contributed by atoms with E-state index < -0.39 is 29.6 Å². The second-order valence-corrected chi connectivity index (χ2v) is 13.3. The molecule has 1 aromatic carbocycles. The van der Waals surface area contributed by atoms with Gasteiger partial charge >= 0.3 is 0 Å². The number of likely N-dealkylation sites (tertiary alicyclic amines) is 2. The molecule has 0 unspecified atom stereocenters. The van der Waals surface area contributed by atoms with Crippen LogP contribution in [0, 0.1) is 23.7 Å². The number of nitrogens with one attached hydrogen (secondary N) is 2. The van der Waals surface area contributed by atoms with Gasteiger partial charge in [0, 0.05) is 29.8 Å². The first-order valence-corrected chi connectivity index (χ1v) is 15.9. The molecule has 9 heteroatoms. The molecule has 3 saturated heterocycles. The van der Waals surface area contributed by atoms with E-state index >= 15 is 0 Å². The summed E-state index contributed by atoms with van der Waals surface area (Å²) in [6.07, 6.45) is 11.2. The van der Waals surface area contributed by atoms with Gasteiger partial charge in [0.25, 0.3) is 0 Å². The Bertz CT molecular complexity index is 1200. The molecule has 1 spiro atoms. The van der Waals surface area contributed by atoms with Gasteiger partial charge in [-0.3, -0.25) is 14.4 Å². The smallest absolute Gasteiger partial charge is 0.246 e. The molecule has 1 aliphatic carbocycles. The van der Waals surface area contributed by atoms with Gasteiger partial charge in [0.1, 0.15) is 11.6 Å². The number of ether oxygens (including phenoxy) is 1. The van der Waals surface area contributed by atoms with Crippen molar-refractivity contribution >= 4 is 35.0 Å². The molecule has 3 amide bonds. The Morgan fingerprint density at radius 2 is 1.83 bits per heavy atom. The van der Waals surface area contributed by atoms with Crippen LogP contribution >= 0.6 is 11.6 Å². The Labute approximate surface area is 248 Å². The average Bonchev–Trinajstić information content (AvgIpc) is 3.49. The van der Waals surface area contributed by atoms with Crippen LogP contribution < -0.4 is 10.6 Å². The summed E-state index contributed by atoms with van der Waals surface area (Å²) in [5, 5.41) is 6.81. The average molecular weight is 583 g/mol. The topological polar surface area (TPSA) is 91.0 Å². The van der Waals surface area contributed by atoms with Crippen molar-refractivity contribution in [3.05, 3.63) is 41.4 Å². The first-order chi connectivity index (χ1) is 19.8. The summed E-state index contributed by atoms with van der Waals surface area (Å²) in [5.41, 5.74) is -0.578. The zero-order valence-electron chi connectivity index (χ0n) is 24.2. The summed E-state index contributed by atoms with van der Waals surface area (Å²) in [6, 6.07) is 6.24. The monoisotopic (exact) mass is 582 g/mol. The molecular weight excluding hydrogens is 540 g/mol. The van der Waals surface area contributed by atoms with Gasteiger partial charge in [0.05, 0.1) is 17.9 Å². The molecule has 8 atom stereocenters. The van der Waals surface area contributed by atoms with Crippen molar-refractivity contribution in [2.24, 2.45) is 23.7 Å². The summed E-state index contributed by atoms with van der Waals surface area (Å²) in [6.45, 7) is 7.62. The van der Waals surface area contributed by atoms with Crippen molar-refractivity contribution in [1.29, 1.82) is 0 Å². The van der Waals surface area contributed by atoms with Gasteiger partial charge < -0.3 is 25.2 Å². The standard InChI is InChI=1S/C32H43ClN4O4/c1-20-9-7-12-24(21(20)2)35-30(39)28-32-14-13-25(41-32)26(29(38)34-23-11-8-10-22(33)19-23)27(32)31(40)37(28)18-17-36-15-5-3-4-6-16-36/h8,10-11,13-14,19-21,24-28H,3-7,9,12,15-18H2,1-2H3,(H,34,38)(H,35,39)/t20-,21+,24+,25+,26+,27+,28+,32+/m1/s1. The normalized spacial score (nSPS) is 36.7. The number of fused-ring (bicyclic) bond motifs is 1. The fourth-order valence-corrected chi connectivity index (χ4v) is 8.15. The van der Waals surface area contributed by atoms with E-state index in [9.17, 15) is 14.4 Å². The lowest BCUT2D eigenvalue weighted by atomic mass is 9.73. The molecule has 222 valence electrons. The van der Waals surface area contributed by atoms with Gasteiger partial charge in [-0.05, 0) is 62.4 Å². The minimum atomic E-state index is -1.15. The zero-order chi connectivity index (χ0) is 28.7. The van der Waals surface area contributed by atoms with Crippen LogP contribution in [0.25, 0.3) is 0 Å². The number of benzene rings is 1. The lowest BCUT2D eigenvalue weighted by Crippen LogP contribution is -2.58. The second-order valence-electron chi connectivity index (χ2n) is 12.9. The van der Waals surface area contributed by atoms with Gasteiger partial charge in [0.15, 0.2) is 0 Å². The molecule has 2 bridgehead atoms. The predicted molar refractivity (Wildman–Crippen MR) is 158 cm³/mol. The van der Waals surface area contributed by atoms with E-state index in [1.807, 2.05) is 12.2 Å². The van der Waals surface area contributed by atoms with Crippen LogP contribution in [0.4, 0.5) is 5.69 Å². The molecule has 5 aliphatic rings. The maximum Gasteiger partial charge on any atom is 0.246 e. The minimum absolute atomic E-state index is 0.0637. The van der Waals surface area contributed by atoms with E-state index in [-0.39, 0.29) is 23.8 Å². The number of carbonyl (C=O) groups is 3. The van der Waals surface area contributed by atoms with Gasteiger partial charge in [-0.2, -0.15) is 0 Å². The summed E-state index contributed by atoms with van der Waals surface area (Å²) in [7, 11) is 0. The Balaban J connectivity index is 1.27. The quantitative estimate of drug-likeness (QED) is 0.469. The molecule has 1 aromatic rings. The zero-order valence-corrected chi connectivity index (χ0v) is 24.9. The summed E-state index contributed by atoms with van der Waals surface area (Å²) >= 11 is 6.15. The highest BCUT2D eigenvalue weighted by Gasteiger charge is 2.72. The van der Waals surface area contributed by atoms with Gasteiger partial charge in [-0.25, -0.2) is 0 Å². The first kappa shape index (κ1) is 28.7. The lowest BCUT2D eigenvalue weighted by molar-refractivity contribution is -0.141. The Morgan fingerprint density at radius 1 is 1.05 bits per heavy atom. The van der Waals surface area contributed by atoms with Crippen molar-refractivity contribution in [1.82, 2.24) is 15.1 Å². The van der Waals surface area contributed by atoms with Gasteiger partial charge in [-0.15, -0.1) is 0 Å². The fraction of sp³-hybridized carbons (Fsp3) is 0.656. The molecule has 2 N–H and O–H groups in total. The number of halogens is 1. The number of anilines is 1. The lowest BCUT2D eigenvalue weighted by Gasteiger charge is -2.38. The number of nitrogens with zero attached hydrogens (tertiary/aromatic N) is 2. The Kier molecular flexibility index (Phi) is 8.18. The van der Waals surface area contributed by atoms with E-state index in [0.29, 0.717) is 35.6 Å². The van der Waals surface area contributed by atoms with Crippen molar-refractivity contribution in [3.63, 3.8) is 0 Å². The Morgan fingerprint density at radius 3 is 2.59 bits per heavy atom. The van der Waals surface area contributed by atoms with Crippen LogP contribution in [0.15, 0.2) is 36.4 Å². The van der Waals surface area contributed by atoms with Gasteiger partial charge in [0.2, 0.25) is 17.7 Å². The van der Waals surface area contributed by atoms with Crippen molar-refractivity contribution in [2.45, 2.75) is 82.6 Å². The molecule has 4 heterocycles. The van der Waals surface area contributed by atoms with Crippen molar-refractivity contribution in [2.75, 3.05) is 31.5 Å².